The van der Waals surface area contributed by atoms with Gasteiger partial charge in [0, 0.05) is 12.1 Å². The van der Waals surface area contributed by atoms with Crippen molar-refractivity contribution in [3.05, 3.63) is 54.1 Å². The summed E-state index contributed by atoms with van der Waals surface area (Å²) in [6.45, 7) is 6.06. The second-order valence-corrected chi connectivity index (χ2v) is 7.17. The number of H-pyrrole nitrogens is 1. The third kappa shape index (κ3) is 5.13. The van der Waals surface area contributed by atoms with Crippen LogP contribution in [0.5, 0.6) is 0 Å². The number of nitrogens with one attached hydrogen (secondary N) is 2. The van der Waals surface area contributed by atoms with Crippen molar-refractivity contribution < 1.29 is 9.53 Å². The van der Waals surface area contributed by atoms with Crippen LogP contribution in [0.1, 0.15) is 26.3 Å². The highest BCUT2D eigenvalue weighted by molar-refractivity contribution is 5.80. The summed E-state index contributed by atoms with van der Waals surface area (Å²) in [7, 11) is 0. The van der Waals surface area contributed by atoms with E-state index in [9.17, 15) is 4.79 Å². The molecule has 2 N–H and O–H groups in total. The van der Waals surface area contributed by atoms with E-state index < -0.39 is 11.7 Å². The minimum absolute atomic E-state index is 0.395. The maximum atomic E-state index is 11.7. The fourth-order valence-electron chi connectivity index (χ4n) is 2.69. The van der Waals surface area contributed by atoms with Crippen molar-refractivity contribution in [2.24, 2.45) is 0 Å². The van der Waals surface area contributed by atoms with Gasteiger partial charge < -0.3 is 10.1 Å². The third-order valence-corrected chi connectivity index (χ3v) is 3.87. The summed E-state index contributed by atoms with van der Waals surface area (Å²) in [5.41, 5.74) is 3.72. The highest BCUT2D eigenvalue weighted by Crippen LogP contribution is 2.29. The molecule has 1 amide bonds. The molecule has 0 fully saturated rings. The van der Waals surface area contributed by atoms with E-state index in [-0.39, 0.29) is 0 Å². The molecule has 0 unspecified atom stereocenters. The largest absolute Gasteiger partial charge is 0.444 e. The van der Waals surface area contributed by atoms with E-state index in [1.807, 2.05) is 45.0 Å². The lowest BCUT2D eigenvalue weighted by Gasteiger charge is -2.19. The van der Waals surface area contributed by atoms with Crippen LogP contribution in [0, 0.1) is 0 Å². The van der Waals surface area contributed by atoms with Gasteiger partial charge in [0.1, 0.15) is 5.60 Å². The topological polar surface area (TPSA) is 92.8 Å². The lowest BCUT2D eigenvalue weighted by Crippen LogP contribution is -2.33. The molecule has 27 heavy (non-hydrogen) atoms. The van der Waals surface area contributed by atoms with Gasteiger partial charge in [-0.25, -0.2) is 9.89 Å². The number of carbonyl (C=O) groups excluding carboxylic acids is 1. The molecule has 0 bridgehead atoms. The van der Waals surface area contributed by atoms with Gasteiger partial charge in [0.05, 0.1) is 0 Å². The minimum atomic E-state index is -0.488. The molecule has 2 aromatic carbocycles. The van der Waals surface area contributed by atoms with E-state index in [0.29, 0.717) is 12.4 Å². The molecule has 3 aromatic rings. The Balaban J connectivity index is 1.64. The molecule has 0 aliphatic carbocycles. The number of rotatable bonds is 5. The Labute approximate surface area is 158 Å². The lowest BCUT2D eigenvalue weighted by atomic mass is 9.98. The average molecular weight is 365 g/mol. The standard InChI is InChI=1S/C20H23N5O2/c1-20(2,3)27-19(26)21-13-12-14-8-10-15(11-9-14)16-6-4-5-7-17(16)18-22-24-25-23-18/h4-11H,12-13H2,1-3H3,(H,21,26)(H,22,23,24,25). The molecule has 0 aliphatic heterocycles. The van der Waals surface area contributed by atoms with Crippen LogP contribution in [0.2, 0.25) is 0 Å². The maximum Gasteiger partial charge on any atom is 0.407 e. The molecule has 140 valence electrons. The lowest BCUT2D eigenvalue weighted by molar-refractivity contribution is 0.0528. The second-order valence-electron chi connectivity index (χ2n) is 7.17. The number of hydrogen-bond acceptors (Lipinski definition) is 5. The number of benzene rings is 2. The second kappa shape index (κ2) is 7.99. The van der Waals surface area contributed by atoms with Crippen molar-refractivity contribution in [1.82, 2.24) is 25.9 Å². The summed E-state index contributed by atoms with van der Waals surface area (Å²) in [5.74, 6) is 0.635. The van der Waals surface area contributed by atoms with Crippen molar-refractivity contribution in [2.45, 2.75) is 32.8 Å². The highest BCUT2D eigenvalue weighted by Gasteiger charge is 2.15. The molecule has 0 saturated heterocycles. The molecule has 1 aromatic heterocycles. The van der Waals surface area contributed by atoms with E-state index in [1.165, 1.54) is 0 Å². The van der Waals surface area contributed by atoms with Crippen LogP contribution < -0.4 is 5.32 Å². The number of aromatic amines is 1. The van der Waals surface area contributed by atoms with Gasteiger partial charge in [-0.15, -0.1) is 5.10 Å². The summed E-state index contributed by atoms with van der Waals surface area (Å²) in [4.78, 5) is 11.7. The van der Waals surface area contributed by atoms with E-state index in [2.05, 4.69) is 50.2 Å². The normalized spacial score (nSPS) is 11.2. The zero-order chi connectivity index (χ0) is 19.3. The van der Waals surface area contributed by atoms with E-state index in [4.69, 9.17) is 4.74 Å². The van der Waals surface area contributed by atoms with Gasteiger partial charge >= 0.3 is 6.09 Å². The van der Waals surface area contributed by atoms with Crippen LogP contribution in [-0.4, -0.2) is 38.9 Å². The molecule has 0 radical (unpaired) electrons. The number of amides is 1. The van der Waals surface area contributed by atoms with Gasteiger partial charge in [-0.3, -0.25) is 0 Å². The van der Waals surface area contributed by atoms with Crippen molar-refractivity contribution in [3.8, 4) is 22.5 Å². The molecular formula is C20H23N5O2. The molecular weight excluding hydrogens is 342 g/mol. The third-order valence-electron chi connectivity index (χ3n) is 3.87. The van der Waals surface area contributed by atoms with Gasteiger partial charge in [0.2, 0.25) is 0 Å². The van der Waals surface area contributed by atoms with E-state index >= 15 is 0 Å². The van der Waals surface area contributed by atoms with Gasteiger partial charge in [0.25, 0.3) is 0 Å². The molecule has 1 heterocycles. The zero-order valence-electron chi connectivity index (χ0n) is 15.7. The molecule has 0 atom stereocenters. The first kappa shape index (κ1) is 18.6. The van der Waals surface area contributed by atoms with Gasteiger partial charge in [-0.1, -0.05) is 48.5 Å². The number of nitrogens with zero attached hydrogens (tertiary/aromatic N) is 3. The highest BCUT2D eigenvalue weighted by atomic mass is 16.6. The number of carbonyl (C=O) groups is 1. The first-order valence-corrected chi connectivity index (χ1v) is 8.82. The van der Waals surface area contributed by atoms with Crippen LogP contribution in [0.3, 0.4) is 0 Å². The van der Waals surface area contributed by atoms with Crippen molar-refractivity contribution in [2.75, 3.05) is 6.54 Å². The van der Waals surface area contributed by atoms with Crippen LogP contribution in [0.4, 0.5) is 4.79 Å². The van der Waals surface area contributed by atoms with Crippen LogP contribution in [0.15, 0.2) is 48.5 Å². The Morgan fingerprint density at radius 1 is 1.07 bits per heavy atom. The maximum absolute atomic E-state index is 11.7. The zero-order valence-corrected chi connectivity index (χ0v) is 15.7. The Kier molecular flexibility index (Phi) is 5.49. The first-order chi connectivity index (χ1) is 12.9. The van der Waals surface area contributed by atoms with Crippen LogP contribution in [-0.2, 0) is 11.2 Å². The fraction of sp³-hybridized carbons (Fsp3) is 0.300. The van der Waals surface area contributed by atoms with Crippen molar-refractivity contribution in [1.29, 1.82) is 0 Å². The van der Waals surface area contributed by atoms with Crippen LogP contribution in [0.25, 0.3) is 22.5 Å². The molecule has 3 rings (SSSR count). The molecule has 7 heteroatoms. The smallest absolute Gasteiger partial charge is 0.407 e. The summed E-state index contributed by atoms with van der Waals surface area (Å²) < 4.78 is 5.23. The first-order valence-electron chi connectivity index (χ1n) is 8.82. The Bertz CT molecular complexity index is 883. The Morgan fingerprint density at radius 3 is 2.41 bits per heavy atom. The number of alkyl carbamates (subject to hydrolysis) is 1. The van der Waals surface area contributed by atoms with E-state index in [1.54, 1.807) is 0 Å². The summed E-state index contributed by atoms with van der Waals surface area (Å²) in [5, 5.41) is 16.9. The van der Waals surface area contributed by atoms with Crippen LogP contribution >= 0.6 is 0 Å². The number of ether oxygens (including phenoxy) is 1. The Hall–Kier alpha value is -3.22. The number of tetrazole rings is 1. The Morgan fingerprint density at radius 2 is 1.78 bits per heavy atom. The van der Waals surface area contributed by atoms with Crippen molar-refractivity contribution >= 4 is 6.09 Å². The fourth-order valence-corrected chi connectivity index (χ4v) is 2.69. The van der Waals surface area contributed by atoms with Gasteiger partial charge in [-0.2, -0.15) is 0 Å². The van der Waals surface area contributed by atoms with Crippen molar-refractivity contribution in [3.63, 3.8) is 0 Å². The average Bonchev–Trinajstić information content (AvgIpc) is 3.15. The molecule has 0 saturated carbocycles. The van der Waals surface area contributed by atoms with E-state index in [0.717, 1.165) is 28.7 Å². The predicted molar refractivity (Wildman–Crippen MR) is 103 cm³/mol. The monoisotopic (exact) mass is 365 g/mol. The predicted octanol–water partition coefficient (Wildman–Crippen LogP) is 3.60. The number of hydrogen-bond donors (Lipinski definition) is 2. The molecule has 0 aliphatic rings. The van der Waals surface area contributed by atoms with Gasteiger partial charge in [0.15, 0.2) is 5.82 Å². The quantitative estimate of drug-likeness (QED) is 0.721. The molecule has 0 spiro atoms. The summed E-state index contributed by atoms with van der Waals surface area (Å²) in [6.07, 6.45) is 0.335. The summed E-state index contributed by atoms with van der Waals surface area (Å²) in [6, 6.07) is 16.2. The SMILES string of the molecule is CC(C)(C)OC(=O)NCCc1ccc(-c2ccccc2-c2nnn[nH]2)cc1. The number of aromatic nitrogens is 4. The van der Waals surface area contributed by atoms with Gasteiger partial charge in [-0.05, 0) is 54.3 Å². The summed E-state index contributed by atoms with van der Waals surface area (Å²) >= 11 is 0. The molecule has 7 nitrogen and oxygen atoms in total. The minimum Gasteiger partial charge on any atom is -0.444 e.